The molecule has 2 N–H and O–H groups in total. The first-order valence-corrected chi connectivity index (χ1v) is 5.16. The molecule has 0 saturated carbocycles. The molecule has 1 rings (SSSR count). The van der Waals surface area contributed by atoms with Gasteiger partial charge in [0.2, 0.25) is 0 Å². The molecule has 0 bridgehead atoms. The molecule has 0 fully saturated rings. The molecule has 4 heteroatoms. The van der Waals surface area contributed by atoms with E-state index in [1.54, 1.807) is 7.11 Å². The quantitative estimate of drug-likeness (QED) is 0.878. The summed E-state index contributed by atoms with van der Waals surface area (Å²) in [5.41, 5.74) is 5.46. The van der Waals surface area contributed by atoms with Gasteiger partial charge >= 0.3 is 0 Å². The van der Waals surface area contributed by atoms with Crippen LogP contribution in [0.1, 0.15) is 0 Å². The fraction of sp³-hybridized carbons (Fsp3) is 0.400. The average molecular weight is 260 g/mol. The molecule has 0 radical (unpaired) electrons. The molecule has 0 aliphatic carbocycles. The van der Waals surface area contributed by atoms with Gasteiger partial charge in [-0.25, -0.2) is 0 Å². The van der Waals surface area contributed by atoms with Crippen molar-refractivity contribution in [3.8, 4) is 5.75 Å². The molecule has 78 valence electrons. The third-order valence-corrected chi connectivity index (χ3v) is 2.37. The van der Waals surface area contributed by atoms with Crippen LogP contribution < -0.4 is 10.5 Å². The van der Waals surface area contributed by atoms with Crippen molar-refractivity contribution in [3.05, 3.63) is 28.7 Å². The summed E-state index contributed by atoms with van der Waals surface area (Å²) in [6.45, 7) is 0.946. The highest BCUT2D eigenvalue weighted by Crippen LogP contribution is 2.16. The van der Waals surface area contributed by atoms with Crippen molar-refractivity contribution in [2.45, 2.75) is 6.10 Å². The van der Waals surface area contributed by atoms with Crippen molar-refractivity contribution >= 4 is 15.9 Å². The molecule has 0 aliphatic heterocycles. The predicted octanol–water partition coefficient (Wildman–Crippen LogP) is 1.80. The van der Waals surface area contributed by atoms with Gasteiger partial charge < -0.3 is 15.2 Å². The summed E-state index contributed by atoms with van der Waals surface area (Å²) in [6, 6.07) is 7.65. The van der Waals surface area contributed by atoms with Gasteiger partial charge in [0, 0.05) is 18.1 Å². The van der Waals surface area contributed by atoms with Crippen LogP contribution in [-0.2, 0) is 4.74 Å². The van der Waals surface area contributed by atoms with E-state index in [1.807, 2.05) is 24.3 Å². The Morgan fingerprint density at radius 2 is 2.00 bits per heavy atom. The maximum atomic E-state index is 5.48. The smallest absolute Gasteiger partial charge is 0.119 e. The molecule has 0 spiro atoms. The van der Waals surface area contributed by atoms with Gasteiger partial charge in [-0.05, 0) is 24.3 Å². The molecule has 0 aromatic heterocycles. The van der Waals surface area contributed by atoms with Crippen LogP contribution in [0.4, 0.5) is 0 Å². The Morgan fingerprint density at radius 3 is 2.50 bits per heavy atom. The van der Waals surface area contributed by atoms with Crippen molar-refractivity contribution in [1.82, 2.24) is 0 Å². The molecule has 14 heavy (non-hydrogen) atoms. The number of ether oxygens (including phenoxy) is 2. The molecule has 0 saturated heterocycles. The van der Waals surface area contributed by atoms with E-state index in [0.717, 1.165) is 10.2 Å². The van der Waals surface area contributed by atoms with Gasteiger partial charge in [-0.3, -0.25) is 0 Å². The van der Waals surface area contributed by atoms with Gasteiger partial charge in [0.05, 0.1) is 0 Å². The van der Waals surface area contributed by atoms with Crippen LogP contribution in [0.2, 0.25) is 0 Å². The van der Waals surface area contributed by atoms with E-state index in [0.29, 0.717) is 13.2 Å². The summed E-state index contributed by atoms with van der Waals surface area (Å²) >= 11 is 3.35. The first kappa shape index (κ1) is 11.5. The zero-order chi connectivity index (χ0) is 10.4. The number of benzene rings is 1. The molecule has 0 aliphatic rings. The zero-order valence-corrected chi connectivity index (χ0v) is 9.66. The third kappa shape index (κ3) is 3.65. The lowest BCUT2D eigenvalue weighted by molar-refractivity contribution is 0.0644. The largest absolute Gasteiger partial charge is 0.491 e. The second-order valence-electron chi connectivity index (χ2n) is 2.86. The molecule has 1 atom stereocenters. The Morgan fingerprint density at radius 1 is 1.36 bits per heavy atom. The number of nitrogens with two attached hydrogens (primary N) is 1. The lowest BCUT2D eigenvalue weighted by Crippen LogP contribution is -2.28. The number of hydrogen-bond donors (Lipinski definition) is 1. The first-order valence-electron chi connectivity index (χ1n) is 4.37. The Labute approximate surface area is 92.3 Å². The topological polar surface area (TPSA) is 44.5 Å². The molecule has 1 unspecified atom stereocenters. The van der Waals surface area contributed by atoms with Crippen molar-refractivity contribution < 1.29 is 9.47 Å². The first-order chi connectivity index (χ1) is 6.76. The van der Waals surface area contributed by atoms with Gasteiger partial charge in [-0.2, -0.15) is 0 Å². The van der Waals surface area contributed by atoms with E-state index < -0.39 is 0 Å². The van der Waals surface area contributed by atoms with Gasteiger partial charge in [-0.1, -0.05) is 15.9 Å². The van der Waals surface area contributed by atoms with Crippen LogP contribution in [0, 0.1) is 0 Å². The van der Waals surface area contributed by atoms with Crippen molar-refractivity contribution in [1.29, 1.82) is 0 Å². The standard InChI is InChI=1S/C10H14BrNO2/c1-13-10(6-12)7-14-9-4-2-8(11)3-5-9/h2-5,10H,6-7,12H2,1H3. The Balaban J connectivity index is 2.41. The van der Waals surface area contributed by atoms with Gasteiger partial charge in [0.15, 0.2) is 0 Å². The maximum absolute atomic E-state index is 5.48. The summed E-state index contributed by atoms with van der Waals surface area (Å²) < 4.78 is 11.6. The summed E-state index contributed by atoms with van der Waals surface area (Å²) in [4.78, 5) is 0. The fourth-order valence-corrected chi connectivity index (χ4v) is 1.22. The van der Waals surface area contributed by atoms with Crippen molar-refractivity contribution in [2.24, 2.45) is 5.73 Å². The minimum Gasteiger partial charge on any atom is -0.491 e. The zero-order valence-electron chi connectivity index (χ0n) is 8.07. The molecular weight excluding hydrogens is 246 g/mol. The fourth-order valence-electron chi connectivity index (χ4n) is 0.952. The van der Waals surface area contributed by atoms with Crippen LogP contribution in [0.25, 0.3) is 0 Å². The third-order valence-electron chi connectivity index (χ3n) is 1.85. The van der Waals surface area contributed by atoms with Crippen molar-refractivity contribution in [3.63, 3.8) is 0 Å². The Hall–Kier alpha value is -0.580. The van der Waals surface area contributed by atoms with Crippen LogP contribution in [0.15, 0.2) is 28.7 Å². The molecule has 0 heterocycles. The van der Waals surface area contributed by atoms with E-state index in [1.165, 1.54) is 0 Å². The molecule has 1 aromatic rings. The van der Waals surface area contributed by atoms with Crippen LogP contribution >= 0.6 is 15.9 Å². The van der Waals surface area contributed by atoms with Gasteiger partial charge in [0.1, 0.15) is 18.5 Å². The summed E-state index contributed by atoms with van der Waals surface area (Å²) in [6.07, 6.45) is -0.0429. The van der Waals surface area contributed by atoms with E-state index >= 15 is 0 Å². The second kappa shape index (κ2) is 6.01. The normalized spacial score (nSPS) is 12.5. The van der Waals surface area contributed by atoms with E-state index in [2.05, 4.69) is 15.9 Å². The Bertz CT molecular complexity index is 259. The Kier molecular flexibility index (Phi) is 4.93. The number of rotatable bonds is 5. The van der Waals surface area contributed by atoms with E-state index in [4.69, 9.17) is 15.2 Å². The highest BCUT2D eigenvalue weighted by atomic mass is 79.9. The molecule has 1 aromatic carbocycles. The minimum absolute atomic E-state index is 0.0429. The lowest BCUT2D eigenvalue weighted by atomic mass is 10.3. The molecule has 3 nitrogen and oxygen atoms in total. The molecular formula is C10H14BrNO2. The second-order valence-corrected chi connectivity index (χ2v) is 3.77. The lowest BCUT2D eigenvalue weighted by Gasteiger charge is -2.13. The summed E-state index contributed by atoms with van der Waals surface area (Å²) in [5.74, 6) is 0.823. The number of halogens is 1. The van der Waals surface area contributed by atoms with Crippen LogP contribution in [0.3, 0.4) is 0 Å². The van der Waals surface area contributed by atoms with E-state index in [-0.39, 0.29) is 6.10 Å². The highest BCUT2D eigenvalue weighted by molar-refractivity contribution is 9.10. The van der Waals surface area contributed by atoms with Gasteiger partial charge in [0.25, 0.3) is 0 Å². The average Bonchev–Trinajstić information content (AvgIpc) is 2.22. The van der Waals surface area contributed by atoms with E-state index in [9.17, 15) is 0 Å². The summed E-state index contributed by atoms with van der Waals surface area (Å²) in [7, 11) is 1.63. The summed E-state index contributed by atoms with van der Waals surface area (Å²) in [5, 5.41) is 0. The van der Waals surface area contributed by atoms with Gasteiger partial charge in [-0.15, -0.1) is 0 Å². The number of methoxy groups -OCH3 is 1. The monoisotopic (exact) mass is 259 g/mol. The van der Waals surface area contributed by atoms with Crippen molar-refractivity contribution in [2.75, 3.05) is 20.3 Å². The SMILES string of the molecule is COC(CN)COc1ccc(Br)cc1. The molecule has 0 amide bonds. The van der Waals surface area contributed by atoms with Crippen LogP contribution in [-0.4, -0.2) is 26.4 Å². The van der Waals surface area contributed by atoms with Crippen LogP contribution in [0.5, 0.6) is 5.75 Å². The predicted molar refractivity (Wildman–Crippen MR) is 59.5 cm³/mol. The number of hydrogen-bond acceptors (Lipinski definition) is 3. The minimum atomic E-state index is -0.0429. The highest BCUT2D eigenvalue weighted by Gasteiger charge is 2.04. The maximum Gasteiger partial charge on any atom is 0.119 e.